The van der Waals surface area contributed by atoms with Crippen LogP contribution in [0.3, 0.4) is 0 Å². The predicted molar refractivity (Wildman–Crippen MR) is 56.7 cm³/mol. The zero-order chi connectivity index (χ0) is 12.6. The second kappa shape index (κ2) is 8.06. The first-order valence-corrected chi connectivity index (χ1v) is 4.99. The van der Waals surface area contributed by atoms with Gasteiger partial charge in [-0.2, -0.15) is 0 Å². The van der Waals surface area contributed by atoms with Crippen LogP contribution in [0, 0.1) is 5.92 Å². The van der Waals surface area contributed by atoms with Gasteiger partial charge in [0, 0.05) is 13.1 Å². The summed E-state index contributed by atoms with van der Waals surface area (Å²) in [6.45, 7) is 0.791. The first-order valence-electron chi connectivity index (χ1n) is 4.99. The zero-order valence-corrected chi connectivity index (χ0v) is 9.93. The van der Waals surface area contributed by atoms with Gasteiger partial charge in [-0.15, -0.1) is 0 Å². The van der Waals surface area contributed by atoms with Crippen LogP contribution < -0.4 is 0 Å². The fourth-order valence-electron chi connectivity index (χ4n) is 1.31. The molecule has 0 saturated carbocycles. The molecule has 0 fully saturated rings. The van der Waals surface area contributed by atoms with Crippen LogP contribution in [0.1, 0.15) is 6.42 Å². The molecular formula is C10H19NO5. The third kappa shape index (κ3) is 5.67. The molecule has 1 N–H and O–H groups in total. The van der Waals surface area contributed by atoms with Crippen LogP contribution in [-0.2, 0) is 19.1 Å². The fraction of sp³-hybridized carbons (Fsp3) is 0.800. The Bertz CT molecular complexity index is 231. The molecule has 0 aromatic rings. The van der Waals surface area contributed by atoms with E-state index in [-0.39, 0.29) is 13.0 Å². The molecule has 0 amide bonds. The fourth-order valence-corrected chi connectivity index (χ4v) is 1.31. The van der Waals surface area contributed by atoms with Crippen LogP contribution in [-0.4, -0.2) is 62.9 Å². The zero-order valence-electron chi connectivity index (χ0n) is 9.93. The van der Waals surface area contributed by atoms with Gasteiger partial charge in [-0.05, 0) is 7.05 Å². The number of carbonyl (C=O) groups is 2. The molecule has 0 radical (unpaired) electrons. The van der Waals surface area contributed by atoms with Crippen molar-refractivity contribution < 1.29 is 24.2 Å². The van der Waals surface area contributed by atoms with E-state index in [0.29, 0.717) is 13.1 Å². The standard InChI is InChI=1S/C10H19NO5/c1-11(4-5-12)7-8(10(14)16-3)6-9(13)15-2/h8,12H,4-7H2,1-3H3. The minimum Gasteiger partial charge on any atom is -0.469 e. The molecule has 0 rings (SSSR count). The molecule has 94 valence electrons. The number of nitrogens with zero attached hydrogens (tertiary/aromatic N) is 1. The number of rotatable bonds is 7. The largest absolute Gasteiger partial charge is 0.469 e. The first kappa shape index (κ1) is 14.9. The summed E-state index contributed by atoms with van der Waals surface area (Å²) in [7, 11) is 4.30. The number of aliphatic hydroxyl groups is 1. The van der Waals surface area contributed by atoms with Crippen LogP contribution in [0.5, 0.6) is 0 Å². The van der Waals surface area contributed by atoms with E-state index in [4.69, 9.17) is 5.11 Å². The molecule has 0 saturated heterocycles. The summed E-state index contributed by atoms with van der Waals surface area (Å²) in [5.41, 5.74) is 0. The van der Waals surface area contributed by atoms with E-state index in [0.717, 1.165) is 0 Å². The average Bonchev–Trinajstić information content (AvgIpc) is 2.27. The van der Waals surface area contributed by atoms with Crippen molar-refractivity contribution in [3.63, 3.8) is 0 Å². The lowest BCUT2D eigenvalue weighted by molar-refractivity contribution is -0.152. The highest BCUT2D eigenvalue weighted by Crippen LogP contribution is 2.08. The Morgan fingerprint density at radius 2 is 1.94 bits per heavy atom. The van der Waals surface area contributed by atoms with Gasteiger partial charge in [-0.25, -0.2) is 0 Å². The quantitative estimate of drug-likeness (QED) is 0.584. The summed E-state index contributed by atoms with van der Waals surface area (Å²) in [6.07, 6.45) is -0.0149. The van der Waals surface area contributed by atoms with E-state index in [9.17, 15) is 9.59 Å². The van der Waals surface area contributed by atoms with Crippen molar-refractivity contribution in [1.82, 2.24) is 4.90 Å². The average molecular weight is 233 g/mol. The Balaban J connectivity index is 4.31. The minimum atomic E-state index is -0.561. The maximum atomic E-state index is 11.4. The lowest BCUT2D eigenvalue weighted by atomic mass is 10.1. The van der Waals surface area contributed by atoms with E-state index in [1.165, 1.54) is 14.2 Å². The smallest absolute Gasteiger partial charge is 0.310 e. The Morgan fingerprint density at radius 3 is 2.38 bits per heavy atom. The van der Waals surface area contributed by atoms with Gasteiger partial charge >= 0.3 is 11.9 Å². The number of methoxy groups -OCH3 is 2. The van der Waals surface area contributed by atoms with Crippen molar-refractivity contribution in [3.8, 4) is 0 Å². The van der Waals surface area contributed by atoms with Crippen molar-refractivity contribution in [2.45, 2.75) is 6.42 Å². The molecule has 0 heterocycles. The number of esters is 2. The molecule has 1 unspecified atom stereocenters. The van der Waals surface area contributed by atoms with Crippen molar-refractivity contribution in [1.29, 1.82) is 0 Å². The molecule has 6 heteroatoms. The molecule has 1 atom stereocenters. The summed E-state index contributed by atoms with van der Waals surface area (Å²) in [4.78, 5) is 24.2. The van der Waals surface area contributed by atoms with Crippen molar-refractivity contribution in [2.75, 3.05) is 41.0 Å². The molecule has 0 spiro atoms. The topological polar surface area (TPSA) is 76.1 Å². The molecule has 16 heavy (non-hydrogen) atoms. The molecule has 0 aliphatic carbocycles. The monoisotopic (exact) mass is 233 g/mol. The summed E-state index contributed by atoms with van der Waals surface area (Å²) in [5.74, 6) is -1.46. The number of aliphatic hydroxyl groups excluding tert-OH is 1. The van der Waals surface area contributed by atoms with Gasteiger partial charge in [0.2, 0.25) is 0 Å². The second-order valence-electron chi connectivity index (χ2n) is 3.49. The van der Waals surface area contributed by atoms with Gasteiger partial charge < -0.3 is 19.5 Å². The molecule has 0 aliphatic heterocycles. The number of carbonyl (C=O) groups excluding carboxylic acids is 2. The second-order valence-corrected chi connectivity index (χ2v) is 3.49. The third-order valence-corrected chi connectivity index (χ3v) is 2.19. The van der Waals surface area contributed by atoms with Crippen LogP contribution >= 0.6 is 0 Å². The number of hydrogen-bond acceptors (Lipinski definition) is 6. The normalized spacial score (nSPS) is 12.3. The highest BCUT2D eigenvalue weighted by Gasteiger charge is 2.24. The Kier molecular flexibility index (Phi) is 7.49. The molecule has 0 aromatic heterocycles. The van der Waals surface area contributed by atoms with Gasteiger partial charge in [0.05, 0.1) is 33.2 Å². The van der Waals surface area contributed by atoms with E-state index >= 15 is 0 Å². The van der Waals surface area contributed by atoms with Crippen LogP contribution in [0.4, 0.5) is 0 Å². The maximum absolute atomic E-state index is 11.4. The number of ether oxygens (including phenoxy) is 2. The van der Waals surface area contributed by atoms with E-state index in [1.54, 1.807) is 11.9 Å². The van der Waals surface area contributed by atoms with Crippen molar-refractivity contribution in [3.05, 3.63) is 0 Å². The third-order valence-electron chi connectivity index (χ3n) is 2.19. The van der Waals surface area contributed by atoms with Gasteiger partial charge in [-0.3, -0.25) is 9.59 Å². The van der Waals surface area contributed by atoms with E-state index in [2.05, 4.69) is 9.47 Å². The highest BCUT2D eigenvalue weighted by molar-refractivity contribution is 5.80. The first-order chi connectivity index (χ1) is 7.54. The number of hydrogen-bond donors (Lipinski definition) is 1. The Hall–Kier alpha value is -1.14. The Morgan fingerprint density at radius 1 is 1.31 bits per heavy atom. The summed E-state index contributed by atoms with van der Waals surface area (Å²) >= 11 is 0. The van der Waals surface area contributed by atoms with Gasteiger partial charge in [0.25, 0.3) is 0 Å². The van der Waals surface area contributed by atoms with Gasteiger partial charge in [-0.1, -0.05) is 0 Å². The number of likely N-dealkylation sites (N-methyl/N-ethyl adjacent to an activating group) is 1. The molecular weight excluding hydrogens is 214 g/mol. The van der Waals surface area contributed by atoms with Crippen LogP contribution in [0.2, 0.25) is 0 Å². The van der Waals surface area contributed by atoms with E-state index < -0.39 is 17.9 Å². The van der Waals surface area contributed by atoms with E-state index in [1.807, 2.05) is 0 Å². The molecule has 0 aliphatic rings. The summed E-state index contributed by atoms with van der Waals surface area (Å²) in [5, 5.41) is 8.72. The van der Waals surface area contributed by atoms with Crippen LogP contribution in [0.15, 0.2) is 0 Å². The minimum absolute atomic E-state index is 0.00260. The van der Waals surface area contributed by atoms with Crippen molar-refractivity contribution >= 4 is 11.9 Å². The molecule has 0 aromatic carbocycles. The van der Waals surface area contributed by atoms with Crippen molar-refractivity contribution in [2.24, 2.45) is 5.92 Å². The van der Waals surface area contributed by atoms with Crippen LogP contribution in [0.25, 0.3) is 0 Å². The summed E-state index contributed by atoms with van der Waals surface area (Å²) in [6, 6.07) is 0. The molecule has 6 nitrogen and oxygen atoms in total. The summed E-state index contributed by atoms with van der Waals surface area (Å²) < 4.78 is 9.10. The lowest BCUT2D eigenvalue weighted by Gasteiger charge is -2.20. The lowest BCUT2D eigenvalue weighted by Crippen LogP contribution is -2.34. The SMILES string of the molecule is COC(=O)CC(CN(C)CCO)C(=O)OC. The predicted octanol–water partition coefficient (Wildman–Crippen LogP) is -0.737. The van der Waals surface area contributed by atoms with Gasteiger partial charge in [0.15, 0.2) is 0 Å². The maximum Gasteiger partial charge on any atom is 0.310 e. The highest BCUT2D eigenvalue weighted by atomic mass is 16.5. The van der Waals surface area contributed by atoms with Gasteiger partial charge in [0.1, 0.15) is 0 Å². The molecule has 0 bridgehead atoms. The Labute approximate surface area is 95.1 Å².